The summed E-state index contributed by atoms with van der Waals surface area (Å²) in [6, 6.07) is 12.7. The molecule has 0 aromatic heterocycles. The minimum atomic E-state index is -3.79. The quantitative estimate of drug-likeness (QED) is 0.633. The molecular weight excluding hydrogens is 426 g/mol. The van der Waals surface area contributed by atoms with Crippen molar-refractivity contribution in [3.8, 4) is 5.75 Å². The summed E-state index contributed by atoms with van der Waals surface area (Å²) in [7, 11) is -2.38. The van der Waals surface area contributed by atoms with E-state index in [-0.39, 0.29) is 28.6 Å². The Bertz CT molecular complexity index is 1040. The van der Waals surface area contributed by atoms with Crippen molar-refractivity contribution in [2.24, 2.45) is 0 Å². The summed E-state index contributed by atoms with van der Waals surface area (Å²) in [4.78, 5) is 15.2. The molecule has 0 unspecified atom stereocenters. The third kappa shape index (κ3) is 6.09. The van der Waals surface area contributed by atoms with Crippen LogP contribution in [0.2, 0.25) is 0 Å². The molecule has 174 valence electrons. The van der Waals surface area contributed by atoms with Gasteiger partial charge in [-0.05, 0) is 62.9 Å². The highest BCUT2D eigenvalue weighted by atomic mass is 32.2. The van der Waals surface area contributed by atoms with E-state index in [9.17, 15) is 13.2 Å². The zero-order chi connectivity index (χ0) is 23.3. The van der Waals surface area contributed by atoms with Crippen LogP contribution in [0.5, 0.6) is 5.75 Å². The summed E-state index contributed by atoms with van der Waals surface area (Å²) in [5, 5.41) is 3.07. The topological polar surface area (TPSA) is 87.7 Å². The molecule has 7 nitrogen and oxygen atoms in total. The molecule has 1 aliphatic rings. The van der Waals surface area contributed by atoms with Gasteiger partial charge in [-0.2, -0.15) is 0 Å². The molecule has 0 aliphatic carbocycles. The molecule has 1 aliphatic heterocycles. The van der Waals surface area contributed by atoms with Gasteiger partial charge >= 0.3 is 0 Å². The molecule has 1 fully saturated rings. The lowest BCUT2D eigenvalue weighted by atomic mass is 10.0. The standard InChI is InChI=1S/C24H33N3O4S/c1-17(2)26-32(29,30)23-15-19(9-10-22(23)31-4)24(28)25-21-11-13-27(14-12-21)16-20-8-6-5-7-18(20)3/h5-10,15,17,21,26H,11-14,16H2,1-4H3,(H,25,28). The molecule has 8 heteroatoms. The molecule has 1 saturated heterocycles. The van der Waals surface area contributed by atoms with Gasteiger partial charge < -0.3 is 10.1 Å². The largest absolute Gasteiger partial charge is 0.495 e. The van der Waals surface area contributed by atoms with Crippen molar-refractivity contribution in [3.05, 3.63) is 59.2 Å². The van der Waals surface area contributed by atoms with E-state index in [1.807, 2.05) is 0 Å². The summed E-state index contributed by atoms with van der Waals surface area (Å²) in [5.41, 5.74) is 2.93. The van der Waals surface area contributed by atoms with Gasteiger partial charge in [0.15, 0.2) is 0 Å². The Balaban J connectivity index is 1.63. The third-order valence-corrected chi connectivity index (χ3v) is 7.36. The van der Waals surface area contributed by atoms with Crippen LogP contribution in [0.25, 0.3) is 0 Å². The number of nitrogens with zero attached hydrogens (tertiary/aromatic N) is 1. The zero-order valence-corrected chi connectivity index (χ0v) is 20.0. The number of amides is 1. The Hall–Kier alpha value is -2.42. The maximum Gasteiger partial charge on any atom is 0.251 e. The van der Waals surface area contributed by atoms with E-state index in [1.54, 1.807) is 19.9 Å². The highest BCUT2D eigenvalue weighted by Crippen LogP contribution is 2.25. The smallest absolute Gasteiger partial charge is 0.251 e. The molecule has 0 atom stereocenters. The van der Waals surface area contributed by atoms with Crippen molar-refractivity contribution < 1.29 is 17.9 Å². The van der Waals surface area contributed by atoms with Crippen molar-refractivity contribution in [1.29, 1.82) is 0 Å². The van der Waals surface area contributed by atoms with Gasteiger partial charge in [-0.15, -0.1) is 0 Å². The Kier molecular flexibility index (Phi) is 7.92. The molecule has 2 aromatic carbocycles. The number of hydrogen-bond donors (Lipinski definition) is 2. The molecule has 1 amide bonds. The number of carbonyl (C=O) groups excluding carboxylic acids is 1. The highest BCUT2D eigenvalue weighted by molar-refractivity contribution is 7.89. The van der Waals surface area contributed by atoms with Gasteiger partial charge in [0, 0.05) is 37.3 Å². The Morgan fingerprint density at radius 1 is 1.16 bits per heavy atom. The number of nitrogens with one attached hydrogen (secondary N) is 2. The average molecular weight is 460 g/mol. The fraction of sp³-hybridized carbons (Fsp3) is 0.458. The van der Waals surface area contributed by atoms with Gasteiger partial charge in [-0.3, -0.25) is 9.69 Å². The summed E-state index contributed by atoms with van der Waals surface area (Å²) in [5.74, 6) is -0.0646. The molecule has 2 aromatic rings. The van der Waals surface area contributed by atoms with Crippen molar-refractivity contribution in [2.75, 3.05) is 20.2 Å². The van der Waals surface area contributed by atoms with Crippen molar-refractivity contribution in [2.45, 2.75) is 57.1 Å². The van der Waals surface area contributed by atoms with Crippen molar-refractivity contribution in [1.82, 2.24) is 14.9 Å². The first-order valence-electron chi connectivity index (χ1n) is 11.0. The molecule has 32 heavy (non-hydrogen) atoms. The minimum absolute atomic E-state index is 0.0330. The number of carbonyl (C=O) groups is 1. The Labute approximate surface area is 191 Å². The van der Waals surface area contributed by atoms with Gasteiger partial charge in [-0.25, -0.2) is 13.1 Å². The monoisotopic (exact) mass is 459 g/mol. The predicted octanol–water partition coefficient (Wildman–Crippen LogP) is 3.08. The van der Waals surface area contributed by atoms with Crippen LogP contribution in [0.15, 0.2) is 47.4 Å². The van der Waals surface area contributed by atoms with Crippen LogP contribution in [0, 0.1) is 6.92 Å². The number of rotatable bonds is 8. The number of piperidine rings is 1. The summed E-state index contributed by atoms with van der Waals surface area (Å²) in [6.45, 7) is 8.33. The van der Waals surface area contributed by atoms with Crippen LogP contribution in [0.4, 0.5) is 0 Å². The van der Waals surface area contributed by atoms with Crippen LogP contribution < -0.4 is 14.8 Å². The normalized spacial score (nSPS) is 15.7. The summed E-state index contributed by atoms with van der Waals surface area (Å²) in [6.07, 6.45) is 1.71. The summed E-state index contributed by atoms with van der Waals surface area (Å²) >= 11 is 0. The number of sulfonamides is 1. The maximum absolute atomic E-state index is 12.9. The van der Waals surface area contributed by atoms with Crippen LogP contribution in [0.3, 0.4) is 0 Å². The number of aryl methyl sites for hydroxylation is 1. The van der Waals surface area contributed by atoms with Crippen molar-refractivity contribution in [3.63, 3.8) is 0 Å². The van der Waals surface area contributed by atoms with Crippen LogP contribution in [-0.2, 0) is 16.6 Å². The van der Waals surface area contributed by atoms with E-state index in [1.165, 1.54) is 30.4 Å². The molecule has 0 bridgehead atoms. The maximum atomic E-state index is 12.9. The minimum Gasteiger partial charge on any atom is -0.495 e. The van der Waals surface area contributed by atoms with E-state index in [0.29, 0.717) is 5.56 Å². The van der Waals surface area contributed by atoms with Crippen LogP contribution in [-0.4, -0.2) is 51.5 Å². The molecule has 1 heterocycles. The molecule has 2 N–H and O–H groups in total. The lowest BCUT2D eigenvalue weighted by molar-refractivity contribution is 0.0908. The first-order chi connectivity index (χ1) is 15.2. The number of hydrogen-bond acceptors (Lipinski definition) is 5. The molecule has 0 spiro atoms. The van der Waals surface area contributed by atoms with Gasteiger partial charge in [0.1, 0.15) is 10.6 Å². The second-order valence-electron chi connectivity index (χ2n) is 8.59. The van der Waals surface area contributed by atoms with E-state index < -0.39 is 10.0 Å². The van der Waals surface area contributed by atoms with E-state index in [2.05, 4.69) is 46.1 Å². The van der Waals surface area contributed by atoms with Gasteiger partial charge in [-0.1, -0.05) is 24.3 Å². The highest BCUT2D eigenvalue weighted by Gasteiger charge is 2.25. The number of likely N-dealkylation sites (tertiary alicyclic amines) is 1. The van der Waals surface area contributed by atoms with Gasteiger partial charge in [0.2, 0.25) is 10.0 Å². The van der Waals surface area contributed by atoms with E-state index in [4.69, 9.17) is 4.74 Å². The first-order valence-corrected chi connectivity index (χ1v) is 12.5. The molecule has 3 rings (SSSR count). The van der Waals surface area contributed by atoms with E-state index in [0.717, 1.165) is 32.5 Å². The third-order valence-electron chi connectivity index (χ3n) is 5.68. The fourth-order valence-electron chi connectivity index (χ4n) is 3.93. The van der Waals surface area contributed by atoms with Crippen LogP contribution in [0.1, 0.15) is 48.2 Å². The fourth-order valence-corrected chi connectivity index (χ4v) is 5.38. The van der Waals surface area contributed by atoms with Crippen molar-refractivity contribution >= 4 is 15.9 Å². The van der Waals surface area contributed by atoms with Gasteiger partial charge in [0.05, 0.1) is 7.11 Å². The lowest BCUT2D eigenvalue weighted by Crippen LogP contribution is -2.44. The van der Waals surface area contributed by atoms with E-state index >= 15 is 0 Å². The molecule has 0 saturated carbocycles. The average Bonchev–Trinajstić information content (AvgIpc) is 2.75. The Morgan fingerprint density at radius 2 is 1.84 bits per heavy atom. The Morgan fingerprint density at radius 3 is 2.47 bits per heavy atom. The van der Waals surface area contributed by atoms with Gasteiger partial charge in [0.25, 0.3) is 5.91 Å². The first kappa shape index (κ1) is 24.2. The zero-order valence-electron chi connectivity index (χ0n) is 19.2. The number of methoxy groups -OCH3 is 1. The lowest BCUT2D eigenvalue weighted by Gasteiger charge is -2.32. The molecular formula is C24H33N3O4S. The number of ether oxygens (including phenoxy) is 1. The summed E-state index contributed by atoms with van der Waals surface area (Å²) < 4.78 is 33.1. The second-order valence-corrected chi connectivity index (χ2v) is 10.3. The number of benzene rings is 2. The molecule has 0 radical (unpaired) electrons. The van der Waals surface area contributed by atoms with Crippen LogP contribution >= 0.6 is 0 Å². The predicted molar refractivity (Wildman–Crippen MR) is 125 cm³/mol. The SMILES string of the molecule is COc1ccc(C(=O)NC2CCN(Cc3ccccc3C)CC2)cc1S(=O)(=O)NC(C)C. The second kappa shape index (κ2) is 10.5.